The SMILES string of the molecule is CN(CCn1cc(-c2cn(-c3ccccc3)c3nc[nH]c(=O)c23)cn1)C(=O)OC(C)(C)C. The van der Waals surface area contributed by atoms with Gasteiger partial charge < -0.3 is 19.2 Å². The average Bonchev–Trinajstić information content (AvgIpc) is 3.37. The van der Waals surface area contributed by atoms with E-state index in [9.17, 15) is 9.59 Å². The smallest absolute Gasteiger partial charge is 0.410 e. The van der Waals surface area contributed by atoms with Crippen LogP contribution < -0.4 is 5.56 Å². The highest BCUT2D eigenvalue weighted by atomic mass is 16.6. The van der Waals surface area contributed by atoms with Crippen LogP contribution in [0.2, 0.25) is 0 Å². The van der Waals surface area contributed by atoms with Crippen molar-refractivity contribution in [3.05, 3.63) is 65.6 Å². The Morgan fingerprint density at radius 1 is 1.19 bits per heavy atom. The normalized spacial score (nSPS) is 11.6. The highest BCUT2D eigenvalue weighted by molar-refractivity contribution is 5.94. The van der Waals surface area contributed by atoms with Crippen LogP contribution in [0.3, 0.4) is 0 Å². The summed E-state index contributed by atoms with van der Waals surface area (Å²) < 4.78 is 9.02. The van der Waals surface area contributed by atoms with E-state index in [2.05, 4.69) is 15.1 Å². The fraction of sp³-hybridized carbons (Fsp3) is 0.304. The molecule has 0 aliphatic carbocycles. The summed E-state index contributed by atoms with van der Waals surface area (Å²) in [6.45, 7) is 6.43. The van der Waals surface area contributed by atoms with Crippen LogP contribution >= 0.6 is 0 Å². The van der Waals surface area contributed by atoms with Gasteiger partial charge in [-0.3, -0.25) is 9.48 Å². The van der Waals surface area contributed by atoms with Gasteiger partial charge in [0, 0.05) is 42.8 Å². The quantitative estimate of drug-likeness (QED) is 0.519. The van der Waals surface area contributed by atoms with E-state index < -0.39 is 5.60 Å². The Balaban J connectivity index is 1.60. The number of nitrogens with zero attached hydrogens (tertiary/aromatic N) is 5. The lowest BCUT2D eigenvalue weighted by Crippen LogP contribution is -2.36. The van der Waals surface area contributed by atoms with Crippen LogP contribution in [-0.4, -0.2) is 54.5 Å². The standard InChI is InChI=1S/C23H26N6O3/c1-23(2,3)32-22(31)27(4)10-11-28-13-16(12-26-28)18-14-29(17-8-6-5-7-9-17)20-19(18)21(30)25-15-24-20/h5-9,12-15H,10-11H2,1-4H3,(H,24,25,30). The van der Waals surface area contributed by atoms with Crippen molar-refractivity contribution in [2.45, 2.75) is 32.9 Å². The number of nitrogens with one attached hydrogen (secondary N) is 1. The number of benzene rings is 1. The molecule has 0 radical (unpaired) electrons. The van der Waals surface area contributed by atoms with Crippen LogP contribution in [-0.2, 0) is 11.3 Å². The lowest BCUT2D eigenvalue weighted by Gasteiger charge is -2.24. The van der Waals surface area contributed by atoms with E-state index in [1.807, 2.05) is 68.1 Å². The summed E-state index contributed by atoms with van der Waals surface area (Å²) in [5, 5.41) is 4.91. The molecule has 9 nitrogen and oxygen atoms in total. The van der Waals surface area contributed by atoms with E-state index in [0.29, 0.717) is 24.1 Å². The van der Waals surface area contributed by atoms with E-state index >= 15 is 0 Å². The maximum Gasteiger partial charge on any atom is 0.410 e. The monoisotopic (exact) mass is 434 g/mol. The third kappa shape index (κ3) is 4.41. The van der Waals surface area contributed by atoms with Crippen molar-refractivity contribution >= 4 is 17.1 Å². The van der Waals surface area contributed by atoms with Crippen LogP contribution in [0.5, 0.6) is 0 Å². The molecule has 1 aromatic carbocycles. The molecule has 0 aliphatic rings. The third-order valence-corrected chi connectivity index (χ3v) is 4.94. The predicted octanol–water partition coefficient (Wildman–Crippen LogP) is 3.44. The second-order valence-corrected chi connectivity index (χ2v) is 8.57. The number of likely N-dealkylation sites (N-methyl/N-ethyl adjacent to an activating group) is 1. The highest BCUT2D eigenvalue weighted by Crippen LogP contribution is 2.29. The number of aromatic nitrogens is 5. The van der Waals surface area contributed by atoms with Gasteiger partial charge in [-0.2, -0.15) is 5.10 Å². The predicted molar refractivity (Wildman–Crippen MR) is 122 cm³/mol. The minimum atomic E-state index is -0.543. The number of amides is 1. The molecule has 9 heteroatoms. The number of ether oxygens (including phenoxy) is 1. The molecular formula is C23H26N6O3. The summed E-state index contributed by atoms with van der Waals surface area (Å²) in [7, 11) is 1.69. The second kappa shape index (κ2) is 8.33. The zero-order valence-corrected chi connectivity index (χ0v) is 18.6. The zero-order valence-electron chi connectivity index (χ0n) is 18.6. The van der Waals surface area contributed by atoms with Crippen LogP contribution in [0, 0.1) is 0 Å². The van der Waals surface area contributed by atoms with E-state index in [1.165, 1.54) is 11.2 Å². The largest absolute Gasteiger partial charge is 0.444 e. The molecule has 0 saturated carbocycles. The number of carbonyl (C=O) groups is 1. The van der Waals surface area contributed by atoms with Gasteiger partial charge in [0.05, 0.1) is 24.5 Å². The summed E-state index contributed by atoms with van der Waals surface area (Å²) in [6.07, 6.45) is 6.50. The molecule has 166 valence electrons. The number of hydrogen-bond donors (Lipinski definition) is 1. The number of carbonyl (C=O) groups excluding carboxylic acids is 1. The van der Waals surface area contributed by atoms with Crippen molar-refractivity contribution in [3.63, 3.8) is 0 Å². The average molecular weight is 435 g/mol. The van der Waals surface area contributed by atoms with Crippen molar-refractivity contribution in [2.75, 3.05) is 13.6 Å². The van der Waals surface area contributed by atoms with Gasteiger partial charge in [0.15, 0.2) is 5.65 Å². The minimum absolute atomic E-state index is 0.211. The zero-order chi connectivity index (χ0) is 22.9. The molecule has 0 atom stereocenters. The number of hydrogen-bond acceptors (Lipinski definition) is 5. The van der Waals surface area contributed by atoms with Crippen LogP contribution in [0.15, 0.2) is 60.0 Å². The fourth-order valence-electron chi connectivity index (χ4n) is 3.38. The first kappa shape index (κ1) is 21.4. The van der Waals surface area contributed by atoms with Crippen molar-refractivity contribution in [2.24, 2.45) is 0 Å². The number of H-pyrrole nitrogens is 1. The molecule has 0 saturated heterocycles. The summed E-state index contributed by atoms with van der Waals surface area (Å²) >= 11 is 0. The summed E-state index contributed by atoms with van der Waals surface area (Å²) in [6, 6.07) is 9.74. The first-order valence-electron chi connectivity index (χ1n) is 10.3. The van der Waals surface area contributed by atoms with Crippen LogP contribution in [0.4, 0.5) is 4.79 Å². The van der Waals surface area contributed by atoms with Gasteiger partial charge in [0.25, 0.3) is 5.56 Å². The fourth-order valence-corrected chi connectivity index (χ4v) is 3.38. The van der Waals surface area contributed by atoms with Gasteiger partial charge in [-0.25, -0.2) is 9.78 Å². The second-order valence-electron chi connectivity index (χ2n) is 8.57. The van der Waals surface area contributed by atoms with Crippen LogP contribution in [0.1, 0.15) is 20.8 Å². The van der Waals surface area contributed by atoms with Gasteiger partial charge >= 0.3 is 6.09 Å². The summed E-state index contributed by atoms with van der Waals surface area (Å²) in [5.41, 5.74) is 2.27. The molecule has 1 amide bonds. The van der Waals surface area contributed by atoms with Crippen molar-refractivity contribution in [3.8, 4) is 16.8 Å². The molecule has 0 aliphatic heterocycles. The molecule has 32 heavy (non-hydrogen) atoms. The highest BCUT2D eigenvalue weighted by Gasteiger charge is 2.20. The van der Waals surface area contributed by atoms with Crippen LogP contribution in [0.25, 0.3) is 27.8 Å². The first-order valence-corrected chi connectivity index (χ1v) is 10.3. The minimum Gasteiger partial charge on any atom is -0.444 e. The van der Waals surface area contributed by atoms with E-state index in [-0.39, 0.29) is 11.7 Å². The number of para-hydroxylation sites is 1. The van der Waals surface area contributed by atoms with Gasteiger partial charge in [0.1, 0.15) is 5.60 Å². The number of fused-ring (bicyclic) bond motifs is 1. The van der Waals surface area contributed by atoms with Crippen molar-refractivity contribution in [1.82, 2.24) is 29.2 Å². The number of aromatic amines is 1. The molecule has 1 N–H and O–H groups in total. The lowest BCUT2D eigenvalue weighted by molar-refractivity contribution is 0.0292. The Morgan fingerprint density at radius 3 is 2.66 bits per heavy atom. The number of rotatable bonds is 5. The molecule has 0 fully saturated rings. The molecule has 4 rings (SSSR count). The topological polar surface area (TPSA) is 98.0 Å². The van der Waals surface area contributed by atoms with E-state index in [1.54, 1.807) is 17.9 Å². The molecule has 0 spiro atoms. The Kier molecular flexibility index (Phi) is 5.56. The Bertz CT molecular complexity index is 1300. The lowest BCUT2D eigenvalue weighted by atomic mass is 10.1. The van der Waals surface area contributed by atoms with Crippen molar-refractivity contribution < 1.29 is 9.53 Å². The molecule has 4 aromatic rings. The first-order chi connectivity index (χ1) is 15.2. The third-order valence-electron chi connectivity index (χ3n) is 4.94. The van der Waals surface area contributed by atoms with Gasteiger partial charge in [-0.15, -0.1) is 0 Å². The molecular weight excluding hydrogens is 408 g/mol. The van der Waals surface area contributed by atoms with Gasteiger partial charge in [-0.1, -0.05) is 18.2 Å². The van der Waals surface area contributed by atoms with Crippen molar-refractivity contribution in [1.29, 1.82) is 0 Å². The molecule has 3 aromatic heterocycles. The van der Waals surface area contributed by atoms with E-state index in [4.69, 9.17) is 4.74 Å². The summed E-state index contributed by atoms with van der Waals surface area (Å²) in [4.78, 5) is 33.4. The Hall–Kier alpha value is -3.88. The maximum atomic E-state index is 12.6. The summed E-state index contributed by atoms with van der Waals surface area (Å²) in [5.74, 6) is 0. The molecule has 0 unspecified atom stereocenters. The Labute approximate surface area is 185 Å². The van der Waals surface area contributed by atoms with Gasteiger partial charge in [0.2, 0.25) is 0 Å². The maximum absolute atomic E-state index is 12.6. The Morgan fingerprint density at radius 2 is 1.94 bits per heavy atom. The van der Waals surface area contributed by atoms with E-state index in [0.717, 1.165) is 16.8 Å². The van der Waals surface area contributed by atoms with Gasteiger partial charge in [-0.05, 0) is 32.9 Å². The molecule has 0 bridgehead atoms. The molecule has 3 heterocycles.